The van der Waals surface area contributed by atoms with Crippen LogP contribution in [0.2, 0.25) is 0 Å². The van der Waals surface area contributed by atoms with E-state index in [4.69, 9.17) is 15.3 Å². The van der Waals surface area contributed by atoms with Crippen molar-refractivity contribution >= 4 is 11.6 Å². The van der Waals surface area contributed by atoms with Crippen molar-refractivity contribution in [1.29, 1.82) is 0 Å². The Morgan fingerprint density at radius 3 is 2.37 bits per heavy atom. The number of nitrogens with one attached hydrogen (secondary N) is 1. The van der Waals surface area contributed by atoms with Gasteiger partial charge in [-0.15, -0.1) is 0 Å². The Bertz CT molecular complexity index is 983. The number of nitrogens with two attached hydrogens (primary N) is 1. The molecule has 0 aliphatic carbocycles. The fourth-order valence-corrected chi connectivity index (χ4v) is 3.03. The lowest BCUT2D eigenvalue weighted by atomic mass is 10.0. The van der Waals surface area contributed by atoms with E-state index >= 15 is 0 Å². The average Bonchev–Trinajstić information content (AvgIpc) is 2.77. The second kappa shape index (κ2) is 10.8. The molecular weight excluding hydrogens is 376 g/mol. The van der Waals surface area contributed by atoms with Crippen LogP contribution in [0.5, 0.6) is 5.75 Å². The molecule has 154 valence electrons. The molecule has 0 bridgehead atoms. The predicted octanol–water partition coefficient (Wildman–Crippen LogP) is 4.34. The highest BCUT2D eigenvalue weighted by atomic mass is 16.7. The third-order valence-corrected chi connectivity index (χ3v) is 4.50. The van der Waals surface area contributed by atoms with E-state index in [-0.39, 0.29) is 12.3 Å². The van der Waals surface area contributed by atoms with Gasteiger partial charge in [0.05, 0.1) is 12.1 Å². The summed E-state index contributed by atoms with van der Waals surface area (Å²) < 4.78 is 5.68. The Labute approximate surface area is 177 Å². The molecule has 1 amide bonds. The summed E-state index contributed by atoms with van der Waals surface area (Å²) in [7, 11) is 0. The smallest absolute Gasteiger partial charge is 0.221 e. The normalized spacial score (nSPS) is 11.2. The SMILES string of the molecule is CC=C(NOCCOc1cccc(CC(N)=O)c1)c1ccc(-c2ccccc2)cc1. The number of primary amides is 1. The molecule has 3 N–H and O–H groups in total. The van der Waals surface area contributed by atoms with E-state index in [2.05, 4.69) is 41.9 Å². The number of benzene rings is 3. The predicted molar refractivity (Wildman–Crippen MR) is 119 cm³/mol. The van der Waals surface area contributed by atoms with E-state index in [1.54, 1.807) is 0 Å². The summed E-state index contributed by atoms with van der Waals surface area (Å²) in [5.41, 5.74) is 13.3. The van der Waals surface area contributed by atoms with Crippen molar-refractivity contribution in [3.63, 3.8) is 0 Å². The highest BCUT2D eigenvalue weighted by Crippen LogP contribution is 2.21. The molecule has 0 atom stereocenters. The molecule has 0 aliphatic heterocycles. The van der Waals surface area contributed by atoms with Crippen LogP contribution in [-0.2, 0) is 16.1 Å². The molecule has 0 radical (unpaired) electrons. The monoisotopic (exact) mass is 402 g/mol. The minimum absolute atomic E-state index is 0.197. The van der Waals surface area contributed by atoms with Crippen LogP contribution in [0, 0.1) is 0 Å². The van der Waals surface area contributed by atoms with E-state index < -0.39 is 0 Å². The first-order valence-electron chi connectivity index (χ1n) is 9.85. The lowest BCUT2D eigenvalue weighted by molar-refractivity contribution is -0.117. The molecule has 3 rings (SSSR count). The zero-order valence-electron chi connectivity index (χ0n) is 17.0. The van der Waals surface area contributed by atoms with Crippen molar-refractivity contribution in [2.45, 2.75) is 13.3 Å². The third kappa shape index (κ3) is 6.22. The Kier molecular flexibility index (Phi) is 7.64. The maximum Gasteiger partial charge on any atom is 0.221 e. The van der Waals surface area contributed by atoms with Gasteiger partial charge in [0.15, 0.2) is 0 Å². The summed E-state index contributed by atoms with van der Waals surface area (Å²) >= 11 is 0. The molecule has 0 spiro atoms. The van der Waals surface area contributed by atoms with Crippen LogP contribution in [0.1, 0.15) is 18.1 Å². The van der Waals surface area contributed by atoms with Gasteiger partial charge < -0.3 is 10.5 Å². The first-order chi connectivity index (χ1) is 14.7. The Hall–Kier alpha value is -3.57. The van der Waals surface area contributed by atoms with Crippen LogP contribution < -0.4 is 16.0 Å². The van der Waals surface area contributed by atoms with E-state index in [1.165, 1.54) is 11.1 Å². The number of allylic oxidation sites excluding steroid dienone is 1. The lowest BCUT2D eigenvalue weighted by Gasteiger charge is -2.13. The van der Waals surface area contributed by atoms with Crippen molar-refractivity contribution in [3.05, 3.63) is 96.1 Å². The van der Waals surface area contributed by atoms with Gasteiger partial charge in [0.2, 0.25) is 5.91 Å². The Balaban J connectivity index is 1.46. The van der Waals surface area contributed by atoms with Crippen molar-refractivity contribution in [2.75, 3.05) is 13.2 Å². The van der Waals surface area contributed by atoms with Crippen LogP contribution in [0.3, 0.4) is 0 Å². The fourth-order valence-electron chi connectivity index (χ4n) is 3.03. The van der Waals surface area contributed by atoms with E-state index in [1.807, 2.05) is 55.5 Å². The number of carbonyl (C=O) groups is 1. The summed E-state index contributed by atoms with van der Waals surface area (Å²) in [6, 6.07) is 25.9. The second-order valence-electron chi connectivity index (χ2n) is 6.74. The van der Waals surface area contributed by atoms with Crippen LogP contribution in [0.15, 0.2) is 84.9 Å². The highest BCUT2D eigenvalue weighted by molar-refractivity contribution is 5.76. The molecule has 0 heterocycles. The van der Waals surface area contributed by atoms with Crippen LogP contribution in [-0.4, -0.2) is 19.1 Å². The number of rotatable bonds is 10. The molecule has 5 heteroatoms. The number of hydrogen-bond acceptors (Lipinski definition) is 4. The summed E-state index contributed by atoms with van der Waals surface area (Å²) in [4.78, 5) is 16.6. The minimum atomic E-state index is -0.365. The van der Waals surface area contributed by atoms with Crippen LogP contribution >= 0.6 is 0 Å². The van der Waals surface area contributed by atoms with Gasteiger partial charge in [-0.1, -0.05) is 72.8 Å². The highest BCUT2D eigenvalue weighted by Gasteiger charge is 2.04. The molecule has 0 fully saturated rings. The largest absolute Gasteiger partial charge is 0.491 e. The van der Waals surface area contributed by atoms with E-state index in [0.717, 1.165) is 16.8 Å². The van der Waals surface area contributed by atoms with Crippen LogP contribution in [0.4, 0.5) is 0 Å². The Morgan fingerprint density at radius 1 is 0.933 bits per heavy atom. The number of amides is 1. The Morgan fingerprint density at radius 2 is 1.67 bits per heavy atom. The topological polar surface area (TPSA) is 73.6 Å². The molecule has 0 unspecified atom stereocenters. The number of ether oxygens (including phenoxy) is 1. The van der Waals surface area contributed by atoms with E-state index in [9.17, 15) is 4.79 Å². The van der Waals surface area contributed by atoms with Gasteiger partial charge in [-0.25, -0.2) is 0 Å². The molecule has 3 aromatic rings. The van der Waals surface area contributed by atoms with Crippen molar-refractivity contribution in [2.24, 2.45) is 5.73 Å². The van der Waals surface area contributed by atoms with Crippen LogP contribution in [0.25, 0.3) is 16.8 Å². The standard InChI is InChI=1S/C25H26N2O3/c1-2-24(22-13-11-21(12-14-22)20-8-4-3-5-9-20)27-30-16-15-29-23-10-6-7-19(17-23)18-25(26)28/h2-14,17,27H,15-16,18H2,1H3,(H2,26,28). The van der Waals surface area contributed by atoms with Crippen molar-refractivity contribution in [3.8, 4) is 16.9 Å². The van der Waals surface area contributed by atoms with E-state index in [0.29, 0.717) is 19.0 Å². The first kappa shape index (κ1) is 21.1. The van der Waals surface area contributed by atoms with Gasteiger partial charge in [0.25, 0.3) is 0 Å². The van der Waals surface area contributed by atoms with Gasteiger partial charge in [0, 0.05) is 0 Å². The average molecular weight is 402 g/mol. The fraction of sp³-hybridized carbons (Fsp3) is 0.160. The first-order valence-corrected chi connectivity index (χ1v) is 9.85. The number of carbonyl (C=O) groups excluding carboxylic acids is 1. The lowest BCUT2D eigenvalue weighted by Crippen LogP contribution is -2.18. The summed E-state index contributed by atoms with van der Waals surface area (Å²) in [5.74, 6) is 0.315. The molecular formula is C25H26N2O3. The summed E-state index contributed by atoms with van der Waals surface area (Å²) in [6.45, 7) is 2.69. The maximum atomic E-state index is 11.0. The quantitative estimate of drug-likeness (QED) is 0.391. The number of hydroxylamine groups is 1. The molecule has 0 aliphatic rings. The zero-order valence-corrected chi connectivity index (χ0v) is 17.0. The molecule has 3 aromatic carbocycles. The maximum absolute atomic E-state index is 11.0. The van der Waals surface area contributed by atoms with Gasteiger partial charge >= 0.3 is 0 Å². The molecule has 5 nitrogen and oxygen atoms in total. The molecule has 0 saturated carbocycles. The number of hydrogen-bond donors (Lipinski definition) is 2. The van der Waals surface area contributed by atoms with Gasteiger partial charge in [-0.2, -0.15) is 0 Å². The molecule has 0 saturated heterocycles. The minimum Gasteiger partial charge on any atom is -0.491 e. The van der Waals surface area contributed by atoms with Gasteiger partial charge in [-0.05, 0) is 41.3 Å². The molecule has 0 aromatic heterocycles. The van der Waals surface area contributed by atoms with Crippen molar-refractivity contribution < 1.29 is 14.4 Å². The van der Waals surface area contributed by atoms with Gasteiger partial charge in [0.1, 0.15) is 19.0 Å². The summed E-state index contributed by atoms with van der Waals surface area (Å²) in [5, 5.41) is 0. The summed E-state index contributed by atoms with van der Waals surface area (Å²) in [6.07, 6.45) is 2.16. The third-order valence-electron chi connectivity index (χ3n) is 4.50. The molecule has 30 heavy (non-hydrogen) atoms. The van der Waals surface area contributed by atoms with Crippen molar-refractivity contribution in [1.82, 2.24) is 5.48 Å². The van der Waals surface area contributed by atoms with Gasteiger partial charge in [-0.3, -0.25) is 15.1 Å². The second-order valence-corrected chi connectivity index (χ2v) is 6.74. The zero-order chi connectivity index (χ0) is 21.2.